The second-order valence-electron chi connectivity index (χ2n) is 7.52. The molecule has 1 amide bonds. The summed E-state index contributed by atoms with van der Waals surface area (Å²) in [6.45, 7) is 1.55. The van der Waals surface area contributed by atoms with Crippen molar-refractivity contribution >= 4 is 34.3 Å². The lowest BCUT2D eigenvalue weighted by molar-refractivity contribution is 0.0951. The maximum Gasteiger partial charge on any atom is 0.253 e. The number of nitrogens with zero attached hydrogens (tertiary/aromatic N) is 3. The third-order valence-corrected chi connectivity index (χ3v) is 5.65. The molecule has 1 saturated heterocycles. The molecule has 2 aromatic carbocycles. The van der Waals surface area contributed by atoms with Crippen molar-refractivity contribution in [3.8, 4) is 17.2 Å². The highest BCUT2D eigenvalue weighted by Gasteiger charge is 2.22. The molecule has 2 heterocycles. The van der Waals surface area contributed by atoms with Crippen LogP contribution in [0.15, 0.2) is 18.2 Å². The first-order valence-corrected chi connectivity index (χ1v) is 9.72. The molecule has 156 valence electrons. The minimum Gasteiger partial charge on any atom is -0.507 e. The number of carbonyl (C=O) groups is 2. The van der Waals surface area contributed by atoms with E-state index < -0.39 is 5.75 Å². The first-order chi connectivity index (χ1) is 14.4. The number of phenols is 3. The van der Waals surface area contributed by atoms with Crippen LogP contribution in [0.1, 0.15) is 40.0 Å². The molecular weight excluding hydrogens is 388 g/mol. The van der Waals surface area contributed by atoms with E-state index >= 15 is 0 Å². The second kappa shape index (κ2) is 7.75. The van der Waals surface area contributed by atoms with Crippen molar-refractivity contribution in [3.63, 3.8) is 0 Å². The molecule has 1 unspecified atom stereocenters. The molecule has 0 saturated carbocycles. The molecule has 0 spiro atoms. The molecular formula is C21H22N4O5. The zero-order valence-corrected chi connectivity index (χ0v) is 16.4. The summed E-state index contributed by atoms with van der Waals surface area (Å²) in [6.07, 6.45) is 3.49. The summed E-state index contributed by atoms with van der Waals surface area (Å²) in [5.41, 5.74) is 0.0144. The van der Waals surface area contributed by atoms with Crippen molar-refractivity contribution in [2.45, 2.75) is 25.3 Å². The van der Waals surface area contributed by atoms with Crippen LogP contribution in [0, 0.1) is 0 Å². The third kappa shape index (κ3) is 3.37. The van der Waals surface area contributed by atoms with Gasteiger partial charge in [-0.3, -0.25) is 9.59 Å². The molecule has 0 radical (unpaired) electrons. The maximum atomic E-state index is 12.8. The number of rotatable bonds is 5. The Morgan fingerprint density at radius 1 is 1.13 bits per heavy atom. The summed E-state index contributed by atoms with van der Waals surface area (Å²) in [5.74, 6) is -1.44. The number of fused-ring (bicyclic) bond motifs is 2. The van der Waals surface area contributed by atoms with E-state index in [0.717, 1.165) is 31.9 Å². The minimum absolute atomic E-state index is 0.00113. The van der Waals surface area contributed by atoms with E-state index in [1.165, 1.54) is 12.1 Å². The number of carbonyl (C=O) groups excluding carboxylic acids is 2. The van der Waals surface area contributed by atoms with E-state index in [4.69, 9.17) is 0 Å². The fourth-order valence-corrected chi connectivity index (χ4v) is 3.98. The molecule has 9 nitrogen and oxygen atoms in total. The van der Waals surface area contributed by atoms with Crippen molar-refractivity contribution in [1.82, 2.24) is 20.2 Å². The van der Waals surface area contributed by atoms with Crippen LogP contribution in [0.5, 0.6) is 17.2 Å². The zero-order valence-electron chi connectivity index (χ0n) is 16.4. The van der Waals surface area contributed by atoms with Gasteiger partial charge in [0.15, 0.2) is 6.29 Å². The normalized spacial score (nSPS) is 16.9. The molecule has 3 aromatic rings. The smallest absolute Gasteiger partial charge is 0.253 e. The van der Waals surface area contributed by atoms with Gasteiger partial charge in [0.2, 0.25) is 0 Å². The summed E-state index contributed by atoms with van der Waals surface area (Å²) in [4.78, 5) is 34.9. The van der Waals surface area contributed by atoms with Gasteiger partial charge in [-0.05, 0) is 45.0 Å². The van der Waals surface area contributed by atoms with E-state index in [-0.39, 0.29) is 50.6 Å². The summed E-state index contributed by atoms with van der Waals surface area (Å²) >= 11 is 0. The Bertz CT molecular complexity index is 1160. The van der Waals surface area contributed by atoms with Crippen molar-refractivity contribution in [2.75, 3.05) is 20.1 Å². The molecule has 0 bridgehead atoms. The Labute approximate surface area is 172 Å². The van der Waals surface area contributed by atoms with Crippen LogP contribution in [-0.2, 0) is 0 Å². The number of nitrogens with one attached hydrogen (secondary N) is 1. The molecule has 1 aromatic heterocycles. The average Bonchev–Trinajstić information content (AvgIpc) is 3.12. The van der Waals surface area contributed by atoms with Crippen molar-refractivity contribution in [2.24, 2.45) is 0 Å². The number of aldehydes is 1. The predicted molar refractivity (Wildman–Crippen MR) is 110 cm³/mol. The van der Waals surface area contributed by atoms with Gasteiger partial charge < -0.3 is 25.5 Å². The maximum absolute atomic E-state index is 12.8. The van der Waals surface area contributed by atoms with Crippen LogP contribution in [-0.4, -0.2) is 68.6 Å². The van der Waals surface area contributed by atoms with Crippen LogP contribution in [0.25, 0.3) is 22.1 Å². The Kier molecular flexibility index (Phi) is 5.13. The van der Waals surface area contributed by atoms with Gasteiger partial charge in [0, 0.05) is 18.7 Å². The third-order valence-electron chi connectivity index (χ3n) is 5.65. The molecule has 4 rings (SSSR count). The van der Waals surface area contributed by atoms with E-state index in [1.807, 2.05) is 0 Å². The molecule has 0 aliphatic carbocycles. The van der Waals surface area contributed by atoms with E-state index in [1.54, 1.807) is 0 Å². The number of aromatic nitrogens is 2. The van der Waals surface area contributed by atoms with Crippen molar-refractivity contribution in [3.05, 3.63) is 29.3 Å². The van der Waals surface area contributed by atoms with Gasteiger partial charge in [0.1, 0.15) is 39.3 Å². The van der Waals surface area contributed by atoms with Gasteiger partial charge in [-0.15, -0.1) is 0 Å². The number of amides is 1. The fourth-order valence-electron chi connectivity index (χ4n) is 3.98. The molecule has 1 atom stereocenters. The van der Waals surface area contributed by atoms with E-state index in [0.29, 0.717) is 18.9 Å². The lowest BCUT2D eigenvalue weighted by Crippen LogP contribution is -2.31. The average molecular weight is 410 g/mol. The molecule has 9 heteroatoms. The van der Waals surface area contributed by atoms with Gasteiger partial charge in [0.25, 0.3) is 5.91 Å². The monoisotopic (exact) mass is 410 g/mol. The zero-order chi connectivity index (χ0) is 21.4. The first-order valence-electron chi connectivity index (χ1n) is 9.72. The number of benzene rings is 2. The quantitative estimate of drug-likeness (QED) is 0.370. The van der Waals surface area contributed by atoms with Gasteiger partial charge >= 0.3 is 0 Å². The van der Waals surface area contributed by atoms with Gasteiger partial charge in [-0.1, -0.05) is 0 Å². The summed E-state index contributed by atoms with van der Waals surface area (Å²) in [7, 11) is 2.07. The van der Waals surface area contributed by atoms with Crippen LogP contribution >= 0.6 is 0 Å². The number of phenolic OH excluding ortho intramolecular Hbond substituents is 3. The highest BCUT2D eigenvalue weighted by Crippen LogP contribution is 2.35. The number of likely N-dealkylation sites (tertiary alicyclic amines) is 1. The van der Waals surface area contributed by atoms with Gasteiger partial charge in [-0.25, -0.2) is 9.97 Å². The van der Waals surface area contributed by atoms with Crippen LogP contribution in [0.4, 0.5) is 0 Å². The second-order valence-corrected chi connectivity index (χ2v) is 7.52. The van der Waals surface area contributed by atoms with Gasteiger partial charge in [0.05, 0.1) is 11.1 Å². The molecule has 1 aliphatic heterocycles. The molecule has 1 fully saturated rings. The topological polar surface area (TPSA) is 136 Å². The minimum atomic E-state index is -0.450. The van der Waals surface area contributed by atoms with E-state index in [2.05, 4.69) is 27.2 Å². The molecule has 1 aliphatic rings. The Morgan fingerprint density at radius 2 is 1.87 bits per heavy atom. The molecule has 30 heavy (non-hydrogen) atoms. The lowest BCUT2D eigenvalue weighted by atomic mass is 10.1. The standard InChI is InChI=1S/C21H22N4O5/c1-25-8-2-3-11(25)6-7-22-21(30)12-4-5-14(27)19-17(12)23-20-16(29)9-15(28)13(10-26)18(20)24-19/h4-5,9-11,27-29H,2-3,6-8H2,1H3,(H,22,30). The first kappa shape index (κ1) is 19.8. The van der Waals surface area contributed by atoms with Crippen LogP contribution in [0.2, 0.25) is 0 Å². The Morgan fingerprint density at radius 3 is 2.57 bits per heavy atom. The van der Waals surface area contributed by atoms with Gasteiger partial charge in [-0.2, -0.15) is 0 Å². The largest absolute Gasteiger partial charge is 0.507 e. The summed E-state index contributed by atoms with van der Waals surface area (Å²) in [5, 5.41) is 33.2. The van der Waals surface area contributed by atoms with Crippen molar-refractivity contribution < 1.29 is 24.9 Å². The highest BCUT2D eigenvalue weighted by atomic mass is 16.3. The van der Waals surface area contributed by atoms with Crippen molar-refractivity contribution in [1.29, 1.82) is 0 Å². The Hall–Kier alpha value is -3.46. The number of hydrogen-bond donors (Lipinski definition) is 4. The van der Waals surface area contributed by atoms with Crippen LogP contribution in [0.3, 0.4) is 0 Å². The fraction of sp³-hybridized carbons (Fsp3) is 0.333. The SMILES string of the molecule is CN1CCCC1CCNC(=O)c1ccc(O)c2nc3c(C=O)c(O)cc(O)c3nc12. The predicted octanol–water partition coefficient (Wildman–Crippen LogP) is 1.93. The van der Waals surface area contributed by atoms with Crippen LogP contribution < -0.4 is 5.32 Å². The summed E-state index contributed by atoms with van der Waals surface area (Å²) in [6, 6.07) is 4.20. The highest BCUT2D eigenvalue weighted by molar-refractivity contribution is 6.09. The Balaban J connectivity index is 1.71. The molecule has 4 N–H and O–H groups in total. The number of aromatic hydroxyl groups is 3. The lowest BCUT2D eigenvalue weighted by Gasteiger charge is -2.19. The van der Waals surface area contributed by atoms with E-state index in [9.17, 15) is 24.9 Å². The summed E-state index contributed by atoms with van der Waals surface area (Å²) < 4.78 is 0. The number of hydrogen-bond acceptors (Lipinski definition) is 8.